The van der Waals surface area contributed by atoms with E-state index in [0.717, 1.165) is 10.1 Å². The summed E-state index contributed by atoms with van der Waals surface area (Å²) in [6.45, 7) is 1.94. The van der Waals surface area contributed by atoms with Gasteiger partial charge in [-0.2, -0.15) is 0 Å². The number of carbonyl (C=O) groups excluding carboxylic acids is 1. The molecule has 5 N–H and O–H groups in total. The number of rotatable bonds is 7. The monoisotopic (exact) mass is 437 g/mol. The van der Waals surface area contributed by atoms with Crippen molar-refractivity contribution in [1.29, 1.82) is 0 Å². The minimum Gasteiger partial charge on any atom is -0.382 e. The summed E-state index contributed by atoms with van der Waals surface area (Å²) in [6, 6.07) is 6.83. The Kier molecular flexibility index (Phi) is 6.61. The van der Waals surface area contributed by atoms with Crippen molar-refractivity contribution in [2.24, 2.45) is 22.6 Å². The Hall–Kier alpha value is -2.66. The van der Waals surface area contributed by atoms with Crippen LogP contribution in [-0.2, 0) is 11.2 Å². The van der Waals surface area contributed by atoms with Crippen molar-refractivity contribution in [2.45, 2.75) is 44.4 Å². The number of aromatic nitrogens is 2. The first-order chi connectivity index (χ1) is 14.2. The molecule has 1 heterocycles. The lowest BCUT2D eigenvalue weighted by molar-refractivity contribution is -0.118. The van der Waals surface area contributed by atoms with Crippen LogP contribution in [0.25, 0.3) is 0 Å². The molecular weight excluding hydrogens is 412 g/mol. The van der Waals surface area contributed by atoms with Gasteiger partial charge in [0, 0.05) is 25.5 Å². The number of aryl methyl sites for hydroxylation is 1. The average Bonchev–Trinajstić information content (AvgIpc) is 3.27. The fraction of sp³-hybridized carbons (Fsp3) is 0.474. The predicted molar refractivity (Wildman–Crippen MR) is 112 cm³/mol. The molecule has 3 rings (SSSR count). The number of amides is 1. The molecule has 1 aromatic carbocycles. The van der Waals surface area contributed by atoms with Crippen LogP contribution in [0.5, 0.6) is 0 Å². The van der Waals surface area contributed by atoms with Gasteiger partial charge in [0.15, 0.2) is 5.84 Å². The Labute approximate surface area is 177 Å². The largest absolute Gasteiger partial charge is 0.382 e. The van der Waals surface area contributed by atoms with Gasteiger partial charge >= 0.3 is 0 Å². The van der Waals surface area contributed by atoms with E-state index in [9.17, 15) is 13.6 Å². The van der Waals surface area contributed by atoms with E-state index < -0.39 is 17.8 Å². The highest BCUT2D eigenvalue weighted by Crippen LogP contribution is 2.45. The van der Waals surface area contributed by atoms with Gasteiger partial charge in [-0.1, -0.05) is 42.5 Å². The highest BCUT2D eigenvalue weighted by Gasteiger charge is 2.45. The Morgan fingerprint density at radius 3 is 2.63 bits per heavy atom. The zero-order valence-corrected chi connectivity index (χ0v) is 17.6. The molecule has 0 spiro atoms. The molecule has 1 aliphatic rings. The summed E-state index contributed by atoms with van der Waals surface area (Å²) in [6.07, 6.45) is 0.421. The van der Waals surface area contributed by atoms with Crippen LogP contribution in [0.1, 0.15) is 48.2 Å². The smallest absolute Gasteiger partial charge is 0.248 e. The molecule has 8 nitrogen and oxygen atoms in total. The minimum atomic E-state index is -2.76. The molecule has 0 radical (unpaired) electrons. The van der Waals surface area contributed by atoms with Crippen molar-refractivity contribution in [3.8, 4) is 0 Å². The Bertz CT molecular complexity index is 914. The van der Waals surface area contributed by atoms with Crippen LogP contribution in [0.3, 0.4) is 0 Å². The van der Waals surface area contributed by atoms with Crippen molar-refractivity contribution >= 4 is 28.2 Å². The number of anilines is 1. The number of carbonyl (C=O) groups is 1. The van der Waals surface area contributed by atoms with Crippen LogP contribution < -0.4 is 16.9 Å². The number of hydrogen-bond donors (Lipinski definition) is 3. The predicted octanol–water partition coefficient (Wildman–Crippen LogP) is 2.68. The third-order valence-electron chi connectivity index (χ3n) is 5.03. The third-order valence-corrected chi connectivity index (χ3v) is 6.01. The molecule has 1 amide bonds. The summed E-state index contributed by atoms with van der Waals surface area (Å²) in [5.41, 5.74) is 7.14. The second kappa shape index (κ2) is 9.00. The third kappa shape index (κ3) is 5.28. The van der Waals surface area contributed by atoms with Crippen LogP contribution >= 0.6 is 11.3 Å². The fourth-order valence-corrected chi connectivity index (χ4v) is 4.31. The van der Waals surface area contributed by atoms with Gasteiger partial charge in [-0.05, 0) is 24.3 Å². The molecule has 1 saturated carbocycles. The topological polar surface area (TPSA) is 123 Å². The lowest BCUT2D eigenvalue weighted by Crippen LogP contribution is -2.28. The summed E-state index contributed by atoms with van der Waals surface area (Å²) < 4.78 is 27.8. The highest BCUT2D eigenvalue weighted by atomic mass is 32.1. The number of hydrogen-bond acceptors (Lipinski definition) is 7. The van der Waals surface area contributed by atoms with E-state index in [1.54, 1.807) is 31.3 Å². The van der Waals surface area contributed by atoms with E-state index in [2.05, 4.69) is 20.6 Å². The first kappa shape index (κ1) is 22.0. The molecule has 11 heteroatoms. The molecule has 1 aromatic heterocycles. The molecule has 2 atom stereocenters. The number of hydrazine groups is 1. The molecular formula is C19H25F2N7OS. The molecule has 0 aliphatic heterocycles. The average molecular weight is 438 g/mol. The van der Waals surface area contributed by atoms with Crippen LogP contribution in [0, 0.1) is 5.92 Å². The molecule has 30 heavy (non-hydrogen) atoms. The van der Waals surface area contributed by atoms with Gasteiger partial charge in [-0.15, -0.1) is 15.3 Å². The lowest BCUT2D eigenvalue weighted by atomic mass is 9.83. The number of benzene rings is 1. The van der Waals surface area contributed by atoms with Gasteiger partial charge < -0.3 is 5.73 Å². The van der Waals surface area contributed by atoms with E-state index in [-0.39, 0.29) is 31.0 Å². The van der Waals surface area contributed by atoms with Crippen molar-refractivity contribution in [1.82, 2.24) is 15.3 Å². The minimum absolute atomic E-state index is 0.209. The van der Waals surface area contributed by atoms with Crippen molar-refractivity contribution in [3.63, 3.8) is 0 Å². The molecule has 0 saturated heterocycles. The summed E-state index contributed by atoms with van der Waals surface area (Å²) >= 11 is 1.28. The van der Waals surface area contributed by atoms with E-state index >= 15 is 0 Å². The van der Waals surface area contributed by atoms with Crippen LogP contribution in [0.2, 0.25) is 0 Å². The second-order valence-electron chi connectivity index (χ2n) is 7.36. The maximum atomic E-state index is 13.9. The summed E-state index contributed by atoms with van der Waals surface area (Å²) in [4.78, 5) is 13.1. The lowest BCUT2D eigenvalue weighted by Gasteiger charge is -2.23. The quantitative estimate of drug-likeness (QED) is 0.265. The number of nitrogens with two attached hydrogens (primary N) is 2. The van der Waals surface area contributed by atoms with Gasteiger partial charge in [0.25, 0.3) is 0 Å². The normalized spacial score (nSPS) is 19.5. The summed E-state index contributed by atoms with van der Waals surface area (Å²) in [5, 5.41) is 16.9. The Balaban J connectivity index is 1.86. The number of hydrazone groups is 1. The standard InChI is InChI=1S/C19H25F2N7OS/c1-3-14-25-26-18(30-14)24-17(29)15(13-8-9-19(20,21)10-13)11-4-6-12(7-5-11)16(22)27-28(2)23/h4-7,13,15H,3,8-10,23H2,1-2H3,(H2,22,27)(H,24,26,29). The first-order valence-electron chi connectivity index (χ1n) is 9.62. The first-order valence-corrected chi connectivity index (χ1v) is 10.4. The van der Waals surface area contributed by atoms with Crippen molar-refractivity contribution < 1.29 is 13.6 Å². The van der Waals surface area contributed by atoms with Gasteiger partial charge in [0.1, 0.15) is 5.01 Å². The Morgan fingerprint density at radius 1 is 1.40 bits per heavy atom. The molecule has 2 unspecified atom stereocenters. The fourth-order valence-electron chi connectivity index (χ4n) is 3.63. The SMILES string of the molecule is CCc1nnc(NC(=O)C(c2ccc(/C(N)=N/N(C)N)cc2)C2CCC(F)(F)C2)s1. The van der Waals surface area contributed by atoms with Gasteiger partial charge in [-0.25, -0.2) is 19.7 Å². The van der Waals surface area contributed by atoms with Crippen LogP contribution in [0.4, 0.5) is 13.9 Å². The summed E-state index contributed by atoms with van der Waals surface area (Å²) in [7, 11) is 1.54. The molecule has 162 valence electrons. The van der Waals surface area contributed by atoms with Gasteiger partial charge in [-0.3, -0.25) is 10.1 Å². The molecule has 2 aromatic rings. The van der Waals surface area contributed by atoms with E-state index in [4.69, 9.17) is 11.6 Å². The number of nitrogens with one attached hydrogen (secondary N) is 1. The maximum Gasteiger partial charge on any atom is 0.248 e. The molecule has 1 fully saturated rings. The Morgan fingerprint density at radius 2 is 2.10 bits per heavy atom. The number of nitrogens with zero attached hydrogens (tertiary/aromatic N) is 4. The zero-order valence-electron chi connectivity index (χ0n) is 16.8. The summed E-state index contributed by atoms with van der Waals surface area (Å²) in [5.74, 6) is 1.33. The van der Waals surface area contributed by atoms with E-state index in [0.29, 0.717) is 22.7 Å². The second-order valence-corrected chi connectivity index (χ2v) is 8.42. The van der Waals surface area contributed by atoms with Gasteiger partial charge in [0.05, 0.1) is 5.92 Å². The van der Waals surface area contributed by atoms with E-state index in [1.165, 1.54) is 11.3 Å². The molecule has 0 bridgehead atoms. The maximum absolute atomic E-state index is 13.9. The van der Waals surface area contributed by atoms with Crippen LogP contribution in [0.15, 0.2) is 29.4 Å². The van der Waals surface area contributed by atoms with Crippen LogP contribution in [-0.4, -0.2) is 40.0 Å². The molecule has 1 aliphatic carbocycles. The van der Waals surface area contributed by atoms with E-state index in [1.807, 2.05) is 6.92 Å². The highest BCUT2D eigenvalue weighted by molar-refractivity contribution is 7.15. The number of alkyl halides is 2. The van der Waals surface area contributed by atoms with Gasteiger partial charge in [0.2, 0.25) is 17.0 Å². The zero-order chi connectivity index (χ0) is 21.9. The number of amidine groups is 1. The van der Waals surface area contributed by atoms with Crippen molar-refractivity contribution in [2.75, 3.05) is 12.4 Å². The number of halogens is 2. The van der Waals surface area contributed by atoms with Crippen molar-refractivity contribution in [3.05, 3.63) is 40.4 Å².